The van der Waals surface area contributed by atoms with Crippen LogP contribution in [-0.2, 0) is 15.7 Å². The summed E-state index contributed by atoms with van der Waals surface area (Å²) in [7, 11) is 1.25. The zero-order chi connectivity index (χ0) is 12.9. The number of ether oxygens (including phenoxy) is 1. The minimum atomic E-state index is -4.47. The van der Waals surface area contributed by atoms with Crippen LogP contribution in [0.5, 0.6) is 0 Å². The van der Waals surface area contributed by atoms with E-state index in [2.05, 4.69) is 15.0 Å². The molecule has 0 atom stereocenters. The largest absolute Gasteiger partial charge is 0.469 e. The molecule has 17 heavy (non-hydrogen) atoms. The molecule has 4 nitrogen and oxygen atoms in total. The number of nitrogens with one attached hydrogen (secondary N) is 1. The number of rotatable bonds is 4. The third-order valence-corrected chi connectivity index (χ3v) is 1.94. The Morgan fingerprint density at radius 1 is 1.53 bits per heavy atom. The van der Waals surface area contributed by atoms with Gasteiger partial charge in [-0.05, 0) is 12.1 Å². The summed E-state index contributed by atoms with van der Waals surface area (Å²) in [6.45, 7) is 0.202. The summed E-state index contributed by atoms with van der Waals surface area (Å²) in [4.78, 5) is 14.0. The Bertz CT molecular complexity index is 393. The molecule has 7 heteroatoms. The van der Waals surface area contributed by atoms with Gasteiger partial charge in [0.1, 0.15) is 5.69 Å². The molecule has 0 radical (unpaired) electrons. The van der Waals surface area contributed by atoms with Crippen molar-refractivity contribution in [2.75, 3.05) is 19.0 Å². The molecule has 1 aromatic rings. The van der Waals surface area contributed by atoms with Crippen LogP contribution in [0.1, 0.15) is 12.1 Å². The van der Waals surface area contributed by atoms with Crippen LogP contribution in [0.2, 0.25) is 0 Å². The Hall–Kier alpha value is -1.79. The highest BCUT2D eigenvalue weighted by molar-refractivity contribution is 5.69. The number of carbonyl (C=O) groups is 1. The van der Waals surface area contributed by atoms with Gasteiger partial charge in [0.15, 0.2) is 0 Å². The van der Waals surface area contributed by atoms with Crippen LogP contribution in [0.15, 0.2) is 18.3 Å². The number of esters is 1. The molecule has 1 N–H and O–H groups in total. The molecule has 0 aliphatic carbocycles. The third-order valence-electron chi connectivity index (χ3n) is 1.94. The van der Waals surface area contributed by atoms with Gasteiger partial charge in [0, 0.05) is 18.4 Å². The van der Waals surface area contributed by atoms with Gasteiger partial charge in [0.25, 0.3) is 0 Å². The van der Waals surface area contributed by atoms with E-state index in [1.54, 1.807) is 0 Å². The maximum Gasteiger partial charge on any atom is 0.433 e. The predicted molar refractivity (Wildman–Crippen MR) is 54.4 cm³/mol. The smallest absolute Gasteiger partial charge is 0.433 e. The summed E-state index contributed by atoms with van der Waals surface area (Å²) >= 11 is 0. The molecule has 0 amide bonds. The molecule has 0 bridgehead atoms. The molecule has 0 aliphatic rings. The lowest BCUT2D eigenvalue weighted by atomic mass is 10.3. The second-order valence-corrected chi connectivity index (χ2v) is 3.18. The van der Waals surface area contributed by atoms with E-state index < -0.39 is 17.8 Å². The molecule has 0 aromatic carbocycles. The van der Waals surface area contributed by atoms with Gasteiger partial charge in [0.2, 0.25) is 0 Å². The lowest BCUT2D eigenvalue weighted by Crippen LogP contribution is -2.12. The fourth-order valence-electron chi connectivity index (χ4n) is 1.11. The van der Waals surface area contributed by atoms with Crippen LogP contribution in [0.3, 0.4) is 0 Å². The Labute approximate surface area is 95.8 Å². The van der Waals surface area contributed by atoms with E-state index in [4.69, 9.17) is 0 Å². The van der Waals surface area contributed by atoms with E-state index in [-0.39, 0.29) is 18.7 Å². The topological polar surface area (TPSA) is 51.2 Å². The van der Waals surface area contributed by atoms with E-state index in [9.17, 15) is 18.0 Å². The number of anilines is 1. The van der Waals surface area contributed by atoms with Crippen LogP contribution < -0.4 is 5.32 Å². The van der Waals surface area contributed by atoms with E-state index in [0.29, 0.717) is 0 Å². The van der Waals surface area contributed by atoms with Crippen LogP contribution in [-0.4, -0.2) is 24.6 Å². The molecule has 0 saturated carbocycles. The van der Waals surface area contributed by atoms with Crippen molar-refractivity contribution in [1.29, 1.82) is 0 Å². The second-order valence-electron chi connectivity index (χ2n) is 3.18. The van der Waals surface area contributed by atoms with E-state index in [1.165, 1.54) is 13.2 Å². The van der Waals surface area contributed by atoms with Crippen LogP contribution in [0.4, 0.5) is 18.9 Å². The first-order valence-electron chi connectivity index (χ1n) is 4.77. The van der Waals surface area contributed by atoms with Crippen molar-refractivity contribution in [2.45, 2.75) is 12.6 Å². The monoisotopic (exact) mass is 248 g/mol. The van der Waals surface area contributed by atoms with E-state index in [1.807, 2.05) is 0 Å². The molecule has 0 aliphatic heterocycles. The summed E-state index contributed by atoms with van der Waals surface area (Å²) in [6.07, 6.45) is -3.33. The summed E-state index contributed by atoms with van der Waals surface area (Å²) in [5, 5.41) is 2.68. The van der Waals surface area contributed by atoms with Crippen molar-refractivity contribution in [3.63, 3.8) is 0 Å². The number of aromatic nitrogens is 1. The van der Waals surface area contributed by atoms with Crippen LogP contribution in [0, 0.1) is 0 Å². The second kappa shape index (κ2) is 5.51. The molecular weight excluding hydrogens is 237 g/mol. The Kier molecular flexibility index (Phi) is 4.30. The molecule has 1 rings (SSSR count). The lowest BCUT2D eigenvalue weighted by Gasteiger charge is -2.09. The van der Waals surface area contributed by atoms with Crippen molar-refractivity contribution in [1.82, 2.24) is 4.98 Å². The number of pyridine rings is 1. The van der Waals surface area contributed by atoms with Gasteiger partial charge >= 0.3 is 12.1 Å². The van der Waals surface area contributed by atoms with E-state index >= 15 is 0 Å². The highest BCUT2D eigenvalue weighted by atomic mass is 19.4. The first-order chi connectivity index (χ1) is 7.93. The molecule has 0 spiro atoms. The van der Waals surface area contributed by atoms with Crippen molar-refractivity contribution in [3.8, 4) is 0 Å². The van der Waals surface area contributed by atoms with Crippen LogP contribution >= 0.6 is 0 Å². The first kappa shape index (κ1) is 13.3. The number of nitrogens with zero attached hydrogens (tertiary/aromatic N) is 1. The molecule has 1 aromatic heterocycles. The average Bonchev–Trinajstić information content (AvgIpc) is 2.28. The zero-order valence-electron chi connectivity index (χ0n) is 9.04. The normalized spacial score (nSPS) is 11.1. The first-order valence-corrected chi connectivity index (χ1v) is 4.77. The number of hydrogen-bond acceptors (Lipinski definition) is 4. The van der Waals surface area contributed by atoms with Gasteiger partial charge in [-0.2, -0.15) is 13.2 Å². The number of carbonyl (C=O) groups excluding carboxylic acids is 1. The summed E-state index contributed by atoms with van der Waals surface area (Å²) in [6, 6.07) is 2.28. The standard InChI is InChI=1S/C10H11F3N2O2/c1-17-9(16)3-5-14-7-2-4-15-8(6-7)10(11,12)13/h2,4,6H,3,5H2,1H3,(H,14,15). The summed E-state index contributed by atoms with van der Waals surface area (Å²) in [5.74, 6) is -0.428. The molecular formula is C10H11F3N2O2. The quantitative estimate of drug-likeness (QED) is 0.829. The van der Waals surface area contributed by atoms with Gasteiger partial charge in [-0.15, -0.1) is 0 Å². The minimum Gasteiger partial charge on any atom is -0.469 e. The Morgan fingerprint density at radius 3 is 2.82 bits per heavy atom. The maximum atomic E-state index is 12.3. The highest BCUT2D eigenvalue weighted by Gasteiger charge is 2.32. The Morgan fingerprint density at radius 2 is 2.24 bits per heavy atom. The molecule has 0 saturated heterocycles. The maximum absolute atomic E-state index is 12.3. The number of halogens is 3. The van der Waals surface area contributed by atoms with Crippen molar-refractivity contribution in [2.24, 2.45) is 0 Å². The Balaban J connectivity index is 2.58. The average molecular weight is 248 g/mol. The van der Waals surface area contributed by atoms with Crippen LogP contribution in [0.25, 0.3) is 0 Å². The molecule has 0 unspecified atom stereocenters. The number of hydrogen-bond donors (Lipinski definition) is 1. The van der Waals surface area contributed by atoms with Gasteiger partial charge in [0.05, 0.1) is 13.5 Å². The molecule has 94 valence electrons. The van der Waals surface area contributed by atoms with Gasteiger partial charge in [-0.1, -0.05) is 0 Å². The van der Waals surface area contributed by atoms with Gasteiger partial charge < -0.3 is 10.1 Å². The molecule has 1 heterocycles. The predicted octanol–water partition coefficient (Wildman–Crippen LogP) is 2.08. The fourth-order valence-corrected chi connectivity index (χ4v) is 1.11. The summed E-state index contributed by atoms with van der Waals surface area (Å²) < 4.78 is 41.3. The van der Waals surface area contributed by atoms with Crippen molar-refractivity contribution < 1.29 is 22.7 Å². The zero-order valence-corrected chi connectivity index (χ0v) is 9.04. The lowest BCUT2D eigenvalue weighted by molar-refractivity contribution is -0.141. The number of methoxy groups -OCH3 is 1. The molecule has 0 fully saturated rings. The highest BCUT2D eigenvalue weighted by Crippen LogP contribution is 2.28. The van der Waals surface area contributed by atoms with Gasteiger partial charge in [-0.3, -0.25) is 9.78 Å². The summed E-state index contributed by atoms with van der Waals surface area (Å²) in [5.41, 5.74) is -0.711. The van der Waals surface area contributed by atoms with E-state index in [0.717, 1.165) is 12.3 Å². The minimum absolute atomic E-state index is 0.0835. The van der Waals surface area contributed by atoms with Gasteiger partial charge in [-0.25, -0.2) is 0 Å². The van der Waals surface area contributed by atoms with Crippen molar-refractivity contribution >= 4 is 11.7 Å². The number of alkyl halides is 3. The third kappa shape index (κ3) is 4.29. The SMILES string of the molecule is COC(=O)CCNc1ccnc(C(F)(F)F)c1. The fraction of sp³-hybridized carbons (Fsp3) is 0.400. The van der Waals surface area contributed by atoms with Crippen molar-refractivity contribution in [3.05, 3.63) is 24.0 Å².